The molecule has 1 spiro atoms. The first kappa shape index (κ1) is 29.1. The minimum atomic E-state index is -0.530. The molecule has 1 aromatic carbocycles. The molecule has 41 heavy (non-hydrogen) atoms. The number of piperazine rings is 1. The second kappa shape index (κ2) is 12.0. The zero-order valence-electron chi connectivity index (χ0n) is 23.6. The Bertz CT molecular complexity index is 1240. The molecule has 4 aliphatic heterocycles. The molecule has 1 saturated carbocycles. The van der Waals surface area contributed by atoms with Crippen LogP contribution in [-0.2, 0) is 20.7 Å². The maximum atomic E-state index is 14.5. The lowest BCUT2D eigenvalue weighted by Crippen LogP contribution is -2.75. The molecule has 6 unspecified atom stereocenters. The van der Waals surface area contributed by atoms with Crippen molar-refractivity contribution in [2.75, 3.05) is 39.8 Å². The number of carbonyl (C=O) groups is 2. The predicted molar refractivity (Wildman–Crippen MR) is 158 cm³/mol. The van der Waals surface area contributed by atoms with E-state index in [2.05, 4.69) is 46.2 Å². The molecule has 4 fully saturated rings. The first-order valence-electron chi connectivity index (χ1n) is 14.7. The Labute approximate surface area is 251 Å². The summed E-state index contributed by atoms with van der Waals surface area (Å²) >= 11 is 8.20. The van der Waals surface area contributed by atoms with Crippen molar-refractivity contribution < 1.29 is 14.3 Å². The molecular formula is C30H39ClN6O3S. The number of nitriles is 1. The van der Waals surface area contributed by atoms with Crippen LogP contribution in [0, 0.1) is 17.2 Å². The Balaban J connectivity index is 1.24. The van der Waals surface area contributed by atoms with E-state index in [0.29, 0.717) is 43.7 Å². The van der Waals surface area contributed by atoms with E-state index in [0.717, 1.165) is 36.3 Å². The number of hydrogen-bond donors (Lipinski definition) is 2. The lowest BCUT2D eigenvalue weighted by atomic mass is 9.72. The highest BCUT2D eigenvalue weighted by molar-refractivity contribution is 8.02. The van der Waals surface area contributed by atoms with Gasteiger partial charge in [-0.3, -0.25) is 25.1 Å². The van der Waals surface area contributed by atoms with Gasteiger partial charge in [0.05, 0.1) is 47.1 Å². The van der Waals surface area contributed by atoms with Gasteiger partial charge >= 0.3 is 0 Å². The summed E-state index contributed by atoms with van der Waals surface area (Å²) in [6, 6.07) is 7.98. The molecule has 11 heteroatoms. The van der Waals surface area contributed by atoms with Crippen molar-refractivity contribution in [1.82, 2.24) is 25.3 Å². The van der Waals surface area contributed by atoms with Crippen LogP contribution in [0.15, 0.2) is 35.7 Å². The van der Waals surface area contributed by atoms with Gasteiger partial charge in [0.1, 0.15) is 0 Å². The quantitative estimate of drug-likeness (QED) is 0.479. The van der Waals surface area contributed by atoms with Crippen LogP contribution in [-0.4, -0.2) is 102 Å². The van der Waals surface area contributed by atoms with Gasteiger partial charge in [0.2, 0.25) is 5.91 Å². The lowest BCUT2D eigenvalue weighted by Gasteiger charge is -2.54. The Hall–Kier alpha value is -1.97. The fourth-order valence-corrected chi connectivity index (χ4v) is 9.32. The minimum Gasteiger partial charge on any atom is -0.348 e. The average molecular weight is 599 g/mol. The lowest BCUT2D eigenvalue weighted by molar-refractivity contribution is -0.144. The number of hydrogen-bond acceptors (Lipinski definition) is 9. The molecule has 6 rings (SSSR count). The van der Waals surface area contributed by atoms with Crippen molar-refractivity contribution in [2.24, 2.45) is 5.92 Å². The molecule has 3 saturated heterocycles. The number of thioether (sulfide) groups is 1. The smallest absolute Gasteiger partial charge is 0.246 e. The highest BCUT2D eigenvalue weighted by atomic mass is 35.5. The van der Waals surface area contributed by atoms with Gasteiger partial charge in [-0.1, -0.05) is 30.3 Å². The largest absolute Gasteiger partial charge is 0.348 e. The van der Waals surface area contributed by atoms with Gasteiger partial charge < -0.3 is 14.5 Å². The number of fused-ring (bicyclic) bond motifs is 2. The first-order chi connectivity index (χ1) is 19.8. The van der Waals surface area contributed by atoms with Crippen molar-refractivity contribution >= 4 is 35.1 Å². The van der Waals surface area contributed by atoms with Gasteiger partial charge in [-0.2, -0.15) is 5.26 Å². The van der Waals surface area contributed by atoms with E-state index in [1.165, 1.54) is 12.5 Å². The molecule has 1 amide bonds. The van der Waals surface area contributed by atoms with Crippen LogP contribution in [0.5, 0.6) is 0 Å². The highest BCUT2D eigenvalue weighted by Gasteiger charge is 2.57. The monoisotopic (exact) mass is 598 g/mol. The SMILES string of the molecule is C=CC(=O)N1CCN(C2NC(OCC3CCCN3C)NC3C(=O)[C@]4(CCC32)Cc2cccc(Cl)c2S4)CC1CC#N. The molecule has 5 aliphatic rings. The number of carbonyl (C=O) groups excluding carboxylic acids is 2. The van der Waals surface area contributed by atoms with Crippen LogP contribution < -0.4 is 10.6 Å². The summed E-state index contributed by atoms with van der Waals surface area (Å²) in [4.78, 5) is 34.4. The van der Waals surface area contributed by atoms with Crippen LogP contribution in [0.1, 0.15) is 37.7 Å². The Morgan fingerprint density at radius 3 is 2.88 bits per heavy atom. The number of nitrogens with zero attached hydrogens (tertiary/aromatic N) is 4. The molecule has 0 bridgehead atoms. The molecule has 9 nitrogen and oxygen atoms in total. The predicted octanol–water partition coefficient (Wildman–Crippen LogP) is 2.60. The van der Waals surface area contributed by atoms with Crippen LogP contribution in [0.4, 0.5) is 0 Å². The second-order valence-electron chi connectivity index (χ2n) is 12.1. The van der Waals surface area contributed by atoms with Gasteiger partial charge in [0.25, 0.3) is 0 Å². The van der Waals surface area contributed by atoms with Gasteiger partial charge in [-0.25, -0.2) is 0 Å². The fourth-order valence-electron chi connectivity index (χ4n) is 7.51. The first-order valence-corrected chi connectivity index (χ1v) is 15.9. The number of likely N-dealkylation sites (tertiary alicyclic amines) is 1. The number of halogens is 1. The normalized spacial score (nSPS) is 35.7. The standard InChI is InChI=1S/C30H39ClN6O3S/c1-3-24(38)37-15-14-36(17-20(37)10-12-32)28-22-9-11-30(16-19-6-4-8-23(31)26(19)41-30)27(39)25(22)33-29(34-28)40-18-21-7-5-13-35(21)2/h3-4,6,8,20-22,25,28-29,33-34H,1,5,7,9-11,13-18H2,2H3/t20?,21?,22?,25?,28?,29?,30-/m0/s1. The molecule has 7 atom stereocenters. The number of likely N-dealkylation sites (N-methyl/N-ethyl adjacent to an activating group) is 1. The van der Waals surface area contributed by atoms with Gasteiger partial charge in [-0.05, 0) is 63.4 Å². The zero-order chi connectivity index (χ0) is 28.7. The fraction of sp³-hybridized carbons (Fsp3) is 0.633. The molecule has 220 valence electrons. The Morgan fingerprint density at radius 1 is 1.29 bits per heavy atom. The van der Waals surface area contributed by atoms with Crippen molar-refractivity contribution in [3.8, 4) is 6.07 Å². The number of rotatable bonds is 6. The van der Waals surface area contributed by atoms with Crippen molar-refractivity contribution in [3.05, 3.63) is 41.4 Å². The number of benzene rings is 1. The van der Waals surface area contributed by atoms with Gasteiger partial charge in [0.15, 0.2) is 12.1 Å². The number of amides is 1. The van der Waals surface area contributed by atoms with Crippen molar-refractivity contribution in [3.63, 3.8) is 0 Å². The summed E-state index contributed by atoms with van der Waals surface area (Å²) in [6.45, 7) is 7.02. The topological polar surface area (TPSA) is 101 Å². The number of nitrogens with one attached hydrogen (secondary N) is 2. The third-order valence-electron chi connectivity index (χ3n) is 9.74. The second-order valence-corrected chi connectivity index (χ2v) is 13.9. The van der Waals surface area contributed by atoms with E-state index in [1.807, 2.05) is 12.1 Å². The van der Waals surface area contributed by atoms with E-state index in [-0.39, 0.29) is 42.3 Å². The molecule has 1 aliphatic carbocycles. The van der Waals surface area contributed by atoms with Crippen LogP contribution in [0.25, 0.3) is 0 Å². The molecule has 1 aromatic rings. The summed E-state index contributed by atoms with van der Waals surface area (Å²) < 4.78 is 5.91. The molecule has 0 aromatic heterocycles. The van der Waals surface area contributed by atoms with E-state index < -0.39 is 11.1 Å². The number of ether oxygens (including phenoxy) is 1. The van der Waals surface area contributed by atoms with Crippen LogP contribution >= 0.6 is 23.4 Å². The molecule has 0 radical (unpaired) electrons. The Kier molecular flexibility index (Phi) is 8.49. The van der Waals surface area contributed by atoms with Crippen molar-refractivity contribution in [2.45, 2.75) is 78.8 Å². The Morgan fingerprint density at radius 2 is 2.15 bits per heavy atom. The molecule has 2 N–H and O–H groups in total. The van der Waals surface area contributed by atoms with E-state index in [9.17, 15) is 14.9 Å². The van der Waals surface area contributed by atoms with E-state index >= 15 is 0 Å². The minimum absolute atomic E-state index is 0.0336. The van der Waals surface area contributed by atoms with Gasteiger partial charge in [-0.15, -0.1) is 11.8 Å². The maximum Gasteiger partial charge on any atom is 0.246 e. The zero-order valence-corrected chi connectivity index (χ0v) is 25.1. The molecule has 4 heterocycles. The number of ketones is 1. The molecular weight excluding hydrogens is 560 g/mol. The highest BCUT2D eigenvalue weighted by Crippen LogP contribution is 2.54. The summed E-state index contributed by atoms with van der Waals surface area (Å²) in [7, 11) is 2.13. The third-order valence-corrected chi connectivity index (χ3v) is 11.8. The van der Waals surface area contributed by atoms with Gasteiger partial charge in [0, 0.05) is 36.5 Å². The average Bonchev–Trinajstić information content (AvgIpc) is 3.57. The number of Topliss-reactive ketones (excluding diaryl/α,β-unsaturated/α-hetero) is 1. The van der Waals surface area contributed by atoms with Crippen LogP contribution in [0.3, 0.4) is 0 Å². The summed E-state index contributed by atoms with van der Waals surface area (Å²) in [5, 5.41) is 17.5. The maximum absolute atomic E-state index is 14.5. The summed E-state index contributed by atoms with van der Waals surface area (Å²) in [5.74, 6) is 0.110. The van der Waals surface area contributed by atoms with Crippen LogP contribution in [0.2, 0.25) is 5.02 Å². The summed E-state index contributed by atoms with van der Waals surface area (Å²) in [5.41, 5.74) is 1.15. The third kappa shape index (κ3) is 5.47. The van der Waals surface area contributed by atoms with E-state index in [1.54, 1.807) is 16.7 Å². The van der Waals surface area contributed by atoms with Crippen molar-refractivity contribution in [1.29, 1.82) is 5.26 Å². The van der Waals surface area contributed by atoms with E-state index in [4.69, 9.17) is 16.3 Å². The summed E-state index contributed by atoms with van der Waals surface area (Å²) in [6.07, 6.45) is 5.59.